The number of rotatable bonds is 3. The van der Waals surface area contributed by atoms with Crippen LogP contribution in [0.3, 0.4) is 0 Å². The summed E-state index contributed by atoms with van der Waals surface area (Å²) in [5.74, 6) is -0.216. The summed E-state index contributed by atoms with van der Waals surface area (Å²) in [6, 6.07) is 4.84. The summed E-state index contributed by atoms with van der Waals surface area (Å²) in [6.45, 7) is 0. The molecule has 0 bridgehead atoms. The highest BCUT2D eigenvalue weighted by atomic mass is 35.5. The Labute approximate surface area is 108 Å². The van der Waals surface area contributed by atoms with E-state index in [2.05, 4.69) is 15.8 Å². The molecule has 0 saturated heterocycles. The number of hydrogen-bond donors (Lipinski definition) is 2. The maximum atomic E-state index is 11.7. The van der Waals surface area contributed by atoms with Crippen molar-refractivity contribution in [1.29, 1.82) is 0 Å². The van der Waals surface area contributed by atoms with Crippen LogP contribution in [0.25, 0.3) is 0 Å². The molecule has 0 atom stereocenters. The number of methoxy groups -OCH3 is 1. The monoisotopic (exact) mass is 267 g/mol. The first-order valence-corrected chi connectivity index (χ1v) is 5.48. The molecule has 94 valence electrons. The minimum atomic E-state index is -0.436. The van der Waals surface area contributed by atoms with Gasteiger partial charge >= 0.3 is 0 Å². The molecule has 1 aromatic carbocycles. The Morgan fingerprint density at radius 1 is 1.56 bits per heavy atom. The normalized spacial score (nSPS) is 13.9. The zero-order valence-corrected chi connectivity index (χ0v) is 10.2. The van der Waals surface area contributed by atoms with Gasteiger partial charge in [-0.2, -0.15) is 5.10 Å². The van der Waals surface area contributed by atoms with E-state index in [1.807, 2.05) is 0 Å². The fourth-order valence-corrected chi connectivity index (χ4v) is 1.70. The van der Waals surface area contributed by atoms with Crippen molar-refractivity contribution in [2.45, 2.75) is 6.42 Å². The molecule has 2 amide bonds. The molecule has 0 saturated carbocycles. The van der Waals surface area contributed by atoms with Gasteiger partial charge < -0.3 is 10.1 Å². The standard InChI is InChI=1S/C11H10ClN3O3/c1-18-9-3-2-6(4-7(9)12)13-11(17)8-5-10(16)15-14-8/h2-4H,5H2,1H3,(H,13,17)(H,15,16). The zero-order valence-electron chi connectivity index (χ0n) is 9.49. The van der Waals surface area contributed by atoms with Crippen molar-refractivity contribution in [3.8, 4) is 5.75 Å². The second kappa shape index (κ2) is 5.05. The summed E-state index contributed by atoms with van der Waals surface area (Å²) in [6.07, 6.45) is -0.0181. The number of nitrogens with zero attached hydrogens (tertiary/aromatic N) is 1. The Morgan fingerprint density at radius 3 is 2.89 bits per heavy atom. The molecule has 1 aliphatic rings. The quantitative estimate of drug-likeness (QED) is 0.862. The first-order valence-electron chi connectivity index (χ1n) is 5.10. The molecule has 2 rings (SSSR count). The maximum Gasteiger partial charge on any atom is 0.272 e. The van der Waals surface area contributed by atoms with Crippen molar-refractivity contribution in [2.75, 3.05) is 12.4 Å². The molecule has 18 heavy (non-hydrogen) atoms. The third-order valence-electron chi connectivity index (χ3n) is 2.32. The van der Waals surface area contributed by atoms with Gasteiger partial charge in [-0.25, -0.2) is 5.43 Å². The number of benzene rings is 1. The third kappa shape index (κ3) is 2.60. The highest BCUT2D eigenvalue weighted by Gasteiger charge is 2.21. The molecule has 1 heterocycles. The summed E-state index contributed by atoms with van der Waals surface area (Å²) in [7, 11) is 1.50. The van der Waals surface area contributed by atoms with Gasteiger partial charge in [0.15, 0.2) is 0 Å². The molecule has 7 heteroatoms. The highest BCUT2D eigenvalue weighted by molar-refractivity contribution is 6.46. The van der Waals surface area contributed by atoms with Crippen molar-refractivity contribution < 1.29 is 14.3 Å². The van der Waals surface area contributed by atoms with E-state index in [1.54, 1.807) is 18.2 Å². The predicted molar refractivity (Wildman–Crippen MR) is 66.8 cm³/mol. The maximum absolute atomic E-state index is 11.7. The molecule has 0 aromatic heterocycles. The Kier molecular flexibility index (Phi) is 3.47. The SMILES string of the molecule is COc1ccc(NC(=O)C2=NNC(=O)C2)cc1Cl. The molecule has 0 unspecified atom stereocenters. The number of ether oxygens (including phenoxy) is 1. The van der Waals surface area contributed by atoms with Crippen molar-refractivity contribution in [2.24, 2.45) is 5.10 Å². The van der Waals surface area contributed by atoms with E-state index in [-0.39, 0.29) is 18.0 Å². The first kappa shape index (κ1) is 12.4. The molecule has 2 N–H and O–H groups in total. The van der Waals surface area contributed by atoms with Crippen LogP contribution in [0.2, 0.25) is 5.02 Å². The van der Waals surface area contributed by atoms with Crippen LogP contribution in [-0.2, 0) is 9.59 Å². The van der Waals surface area contributed by atoms with Crippen LogP contribution in [-0.4, -0.2) is 24.6 Å². The van der Waals surface area contributed by atoms with Crippen LogP contribution >= 0.6 is 11.6 Å². The molecular formula is C11H10ClN3O3. The second-order valence-corrected chi connectivity index (χ2v) is 3.98. The first-order chi connectivity index (χ1) is 8.60. The van der Waals surface area contributed by atoms with Gasteiger partial charge in [0, 0.05) is 5.69 Å². The topological polar surface area (TPSA) is 79.8 Å². The molecule has 0 fully saturated rings. The number of carbonyl (C=O) groups excluding carboxylic acids is 2. The molecule has 6 nitrogen and oxygen atoms in total. The summed E-state index contributed by atoms with van der Waals surface area (Å²) < 4.78 is 5.00. The number of nitrogens with one attached hydrogen (secondary N) is 2. The molecule has 0 aliphatic carbocycles. The lowest BCUT2D eigenvalue weighted by Crippen LogP contribution is -2.22. The van der Waals surface area contributed by atoms with Gasteiger partial charge in [0.2, 0.25) is 5.91 Å². The van der Waals surface area contributed by atoms with Gasteiger partial charge in [-0.05, 0) is 18.2 Å². The Bertz CT molecular complexity index is 542. The largest absolute Gasteiger partial charge is 0.495 e. The third-order valence-corrected chi connectivity index (χ3v) is 2.61. The van der Waals surface area contributed by atoms with Crippen LogP contribution in [0.1, 0.15) is 6.42 Å². The van der Waals surface area contributed by atoms with E-state index >= 15 is 0 Å². The van der Waals surface area contributed by atoms with Crippen molar-refractivity contribution in [3.63, 3.8) is 0 Å². The second-order valence-electron chi connectivity index (χ2n) is 3.57. The minimum Gasteiger partial charge on any atom is -0.495 e. The Balaban J connectivity index is 2.08. The molecular weight excluding hydrogens is 258 g/mol. The average Bonchev–Trinajstić information content (AvgIpc) is 2.76. The number of halogens is 1. The van der Waals surface area contributed by atoms with Crippen molar-refractivity contribution in [1.82, 2.24) is 5.43 Å². The lowest BCUT2D eigenvalue weighted by molar-refractivity contribution is -0.119. The van der Waals surface area contributed by atoms with E-state index < -0.39 is 5.91 Å². The van der Waals surface area contributed by atoms with Crippen LogP contribution in [0.4, 0.5) is 5.69 Å². The van der Waals surface area contributed by atoms with Gasteiger partial charge in [0.25, 0.3) is 5.91 Å². The van der Waals surface area contributed by atoms with Crippen LogP contribution in [0.15, 0.2) is 23.3 Å². The molecule has 1 aromatic rings. The summed E-state index contributed by atoms with van der Waals surface area (Å²) in [4.78, 5) is 22.6. The van der Waals surface area contributed by atoms with Crippen molar-refractivity contribution >= 4 is 34.8 Å². The molecule has 0 spiro atoms. The van der Waals surface area contributed by atoms with E-state index in [9.17, 15) is 9.59 Å². The van der Waals surface area contributed by atoms with E-state index in [4.69, 9.17) is 16.3 Å². The number of hydrogen-bond acceptors (Lipinski definition) is 4. The van der Waals surface area contributed by atoms with Gasteiger partial charge in [-0.15, -0.1) is 0 Å². The zero-order chi connectivity index (χ0) is 13.1. The van der Waals surface area contributed by atoms with Crippen LogP contribution in [0, 0.1) is 0 Å². The van der Waals surface area contributed by atoms with E-state index in [1.165, 1.54) is 7.11 Å². The summed E-state index contributed by atoms with van der Waals surface area (Å²) in [5, 5.41) is 6.60. The number of carbonyl (C=O) groups is 2. The van der Waals surface area contributed by atoms with Crippen LogP contribution in [0.5, 0.6) is 5.75 Å². The Morgan fingerprint density at radius 2 is 2.33 bits per heavy atom. The summed E-state index contributed by atoms with van der Waals surface area (Å²) >= 11 is 5.92. The molecule has 0 radical (unpaired) electrons. The van der Waals surface area contributed by atoms with Gasteiger partial charge in [0.1, 0.15) is 11.5 Å². The summed E-state index contributed by atoms with van der Waals surface area (Å²) in [5.41, 5.74) is 2.86. The van der Waals surface area contributed by atoms with Crippen molar-refractivity contribution in [3.05, 3.63) is 23.2 Å². The lowest BCUT2D eigenvalue weighted by atomic mass is 10.2. The number of anilines is 1. The highest BCUT2D eigenvalue weighted by Crippen LogP contribution is 2.27. The fourth-order valence-electron chi connectivity index (χ4n) is 1.44. The average molecular weight is 268 g/mol. The number of amides is 2. The van der Waals surface area contributed by atoms with Crippen LogP contribution < -0.4 is 15.5 Å². The van der Waals surface area contributed by atoms with E-state index in [0.29, 0.717) is 16.5 Å². The minimum absolute atomic E-state index is 0.0181. The predicted octanol–water partition coefficient (Wildman–Crippen LogP) is 1.16. The molecule has 1 aliphatic heterocycles. The van der Waals surface area contributed by atoms with Gasteiger partial charge in [0.05, 0.1) is 18.6 Å². The lowest BCUT2D eigenvalue weighted by Gasteiger charge is -2.07. The van der Waals surface area contributed by atoms with Gasteiger partial charge in [-0.1, -0.05) is 11.6 Å². The number of hydrazone groups is 1. The van der Waals surface area contributed by atoms with E-state index in [0.717, 1.165) is 0 Å². The fraction of sp³-hybridized carbons (Fsp3) is 0.182. The Hall–Kier alpha value is -2.08. The van der Waals surface area contributed by atoms with Gasteiger partial charge in [-0.3, -0.25) is 9.59 Å². The smallest absolute Gasteiger partial charge is 0.272 e.